The van der Waals surface area contributed by atoms with Gasteiger partial charge in [-0.1, -0.05) is 36.7 Å². The van der Waals surface area contributed by atoms with Crippen LogP contribution >= 0.6 is 15.9 Å². The second-order valence-corrected chi connectivity index (χ2v) is 6.37. The minimum Gasteiger partial charge on any atom is -0.265 e. The Labute approximate surface area is 100 Å². The number of hydrogen-bond donors (Lipinski definition) is 0. The van der Waals surface area contributed by atoms with E-state index in [1.54, 1.807) is 0 Å². The number of alkyl halides is 1. The molecule has 1 aromatic rings. The summed E-state index contributed by atoms with van der Waals surface area (Å²) in [5, 5.41) is 0. The predicted molar refractivity (Wildman–Crippen MR) is 67.3 cm³/mol. The summed E-state index contributed by atoms with van der Waals surface area (Å²) in [6.45, 7) is 7.00. The normalized spacial score (nSPS) is 27.1. The Bertz CT molecular complexity index is 334. The van der Waals surface area contributed by atoms with Gasteiger partial charge in [-0.25, -0.2) is 0 Å². The molecule has 0 radical (unpaired) electrons. The van der Waals surface area contributed by atoms with E-state index in [0.717, 1.165) is 5.92 Å². The van der Waals surface area contributed by atoms with E-state index in [4.69, 9.17) is 0 Å². The van der Waals surface area contributed by atoms with Crippen LogP contribution < -0.4 is 0 Å². The zero-order chi connectivity index (χ0) is 11.1. The molecule has 0 aromatic carbocycles. The van der Waals surface area contributed by atoms with E-state index in [2.05, 4.69) is 53.8 Å². The fraction of sp³-hybridized carbons (Fsp3) is 0.615. The SMILES string of the molecule is CC(c1ccncc1)C(Br)C1CC1(C)C. The van der Waals surface area contributed by atoms with E-state index in [-0.39, 0.29) is 0 Å². The van der Waals surface area contributed by atoms with Crippen molar-refractivity contribution in [3.8, 4) is 0 Å². The maximum absolute atomic E-state index is 4.06. The van der Waals surface area contributed by atoms with Gasteiger partial charge in [0, 0.05) is 17.2 Å². The minimum absolute atomic E-state index is 0.537. The minimum atomic E-state index is 0.537. The van der Waals surface area contributed by atoms with Gasteiger partial charge < -0.3 is 0 Å². The third-order valence-electron chi connectivity index (χ3n) is 3.68. The van der Waals surface area contributed by atoms with E-state index in [0.29, 0.717) is 16.2 Å². The van der Waals surface area contributed by atoms with Crippen LogP contribution in [0.4, 0.5) is 0 Å². The lowest BCUT2D eigenvalue weighted by atomic mass is 9.93. The Morgan fingerprint density at radius 3 is 2.40 bits per heavy atom. The summed E-state index contributed by atoms with van der Waals surface area (Å²) >= 11 is 3.86. The van der Waals surface area contributed by atoms with Crippen molar-refractivity contribution in [3.63, 3.8) is 0 Å². The lowest BCUT2D eigenvalue weighted by Crippen LogP contribution is -2.14. The molecule has 1 aliphatic rings. The molecule has 3 atom stereocenters. The van der Waals surface area contributed by atoms with Crippen molar-refractivity contribution < 1.29 is 0 Å². The highest BCUT2D eigenvalue weighted by molar-refractivity contribution is 9.09. The second-order valence-electron chi connectivity index (χ2n) is 5.31. The van der Waals surface area contributed by atoms with Crippen molar-refractivity contribution in [2.24, 2.45) is 11.3 Å². The van der Waals surface area contributed by atoms with Crippen molar-refractivity contribution in [1.29, 1.82) is 0 Å². The van der Waals surface area contributed by atoms with Gasteiger partial charge in [0.2, 0.25) is 0 Å². The van der Waals surface area contributed by atoms with Gasteiger partial charge in [0.15, 0.2) is 0 Å². The van der Waals surface area contributed by atoms with Gasteiger partial charge in [0.25, 0.3) is 0 Å². The highest BCUT2D eigenvalue weighted by Gasteiger charge is 2.50. The van der Waals surface area contributed by atoms with Gasteiger partial charge in [0.05, 0.1) is 0 Å². The lowest BCUT2D eigenvalue weighted by Gasteiger charge is -2.20. The summed E-state index contributed by atoms with van der Waals surface area (Å²) in [6, 6.07) is 4.24. The Morgan fingerprint density at radius 2 is 1.93 bits per heavy atom. The van der Waals surface area contributed by atoms with Gasteiger partial charge in [-0.3, -0.25) is 4.98 Å². The fourth-order valence-corrected chi connectivity index (χ4v) is 3.46. The molecule has 3 unspecified atom stereocenters. The maximum Gasteiger partial charge on any atom is 0.0270 e. The summed E-state index contributed by atoms with van der Waals surface area (Å²) < 4.78 is 0. The number of aromatic nitrogens is 1. The molecule has 1 aliphatic carbocycles. The molecule has 2 rings (SSSR count). The van der Waals surface area contributed by atoms with Gasteiger partial charge in [-0.2, -0.15) is 0 Å². The highest BCUT2D eigenvalue weighted by atomic mass is 79.9. The molecule has 2 heteroatoms. The van der Waals surface area contributed by atoms with E-state index >= 15 is 0 Å². The molecule has 0 N–H and O–H groups in total. The van der Waals surface area contributed by atoms with Crippen LogP contribution in [0.15, 0.2) is 24.5 Å². The molecule has 0 spiro atoms. The third-order valence-corrected chi connectivity index (χ3v) is 5.11. The molecule has 1 heterocycles. The topological polar surface area (TPSA) is 12.9 Å². The standard InChI is InChI=1S/C13H18BrN/c1-9(10-4-6-15-7-5-10)12(14)11-8-13(11,2)3/h4-7,9,11-12H,8H2,1-3H3. The molecule has 1 nitrogen and oxygen atoms in total. The van der Waals surface area contributed by atoms with E-state index in [9.17, 15) is 0 Å². The molecule has 0 saturated heterocycles. The number of hydrogen-bond acceptors (Lipinski definition) is 1. The molecule has 0 aliphatic heterocycles. The van der Waals surface area contributed by atoms with Crippen LogP contribution in [0.1, 0.15) is 38.7 Å². The molecule has 0 amide bonds. The van der Waals surface area contributed by atoms with Crippen LogP contribution in [-0.4, -0.2) is 9.81 Å². The average molecular weight is 268 g/mol. The van der Waals surface area contributed by atoms with Crippen molar-refractivity contribution >= 4 is 15.9 Å². The van der Waals surface area contributed by atoms with Crippen LogP contribution in [0.5, 0.6) is 0 Å². The summed E-state index contributed by atoms with van der Waals surface area (Å²) in [5.41, 5.74) is 1.92. The van der Waals surface area contributed by atoms with Gasteiger partial charge in [-0.05, 0) is 41.4 Å². The first kappa shape index (κ1) is 11.1. The number of pyridine rings is 1. The van der Waals surface area contributed by atoms with Gasteiger partial charge >= 0.3 is 0 Å². The van der Waals surface area contributed by atoms with Crippen LogP contribution in [0.3, 0.4) is 0 Å². The number of nitrogens with zero attached hydrogens (tertiary/aromatic N) is 1. The van der Waals surface area contributed by atoms with E-state index in [1.807, 2.05) is 12.4 Å². The lowest BCUT2D eigenvalue weighted by molar-refractivity contribution is 0.516. The Balaban J connectivity index is 2.06. The molecule has 15 heavy (non-hydrogen) atoms. The predicted octanol–water partition coefficient (Wildman–Crippen LogP) is 3.99. The van der Waals surface area contributed by atoms with Crippen molar-refractivity contribution in [2.75, 3.05) is 0 Å². The molecule has 0 bridgehead atoms. The quantitative estimate of drug-likeness (QED) is 0.755. The first-order valence-corrected chi connectivity index (χ1v) is 6.48. The second kappa shape index (κ2) is 3.89. The maximum atomic E-state index is 4.06. The number of halogens is 1. The number of rotatable bonds is 3. The summed E-state index contributed by atoms with van der Waals surface area (Å²) in [5.74, 6) is 1.39. The monoisotopic (exact) mass is 267 g/mol. The first-order valence-electron chi connectivity index (χ1n) is 5.56. The summed E-state index contributed by atoms with van der Waals surface area (Å²) in [7, 11) is 0. The van der Waals surface area contributed by atoms with Crippen molar-refractivity contribution in [3.05, 3.63) is 30.1 Å². The summed E-state index contributed by atoms with van der Waals surface area (Å²) in [6.07, 6.45) is 5.10. The first-order chi connectivity index (χ1) is 7.02. The largest absolute Gasteiger partial charge is 0.265 e. The fourth-order valence-electron chi connectivity index (χ4n) is 2.25. The molecular formula is C13H18BrN. The van der Waals surface area contributed by atoms with Crippen LogP contribution in [-0.2, 0) is 0 Å². The van der Waals surface area contributed by atoms with Gasteiger partial charge in [-0.15, -0.1) is 0 Å². The third kappa shape index (κ3) is 2.25. The molecule has 82 valence electrons. The van der Waals surface area contributed by atoms with E-state index in [1.165, 1.54) is 12.0 Å². The molecule has 1 aromatic heterocycles. The van der Waals surface area contributed by atoms with Crippen LogP contribution in [0, 0.1) is 11.3 Å². The molecule has 1 saturated carbocycles. The Morgan fingerprint density at radius 1 is 1.40 bits per heavy atom. The zero-order valence-corrected chi connectivity index (χ0v) is 11.2. The van der Waals surface area contributed by atoms with E-state index < -0.39 is 0 Å². The molecule has 1 fully saturated rings. The van der Waals surface area contributed by atoms with Gasteiger partial charge in [0.1, 0.15) is 0 Å². The summed E-state index contributed by atoms with van der Waals surface area (Å²) in [4.78, 5) is 4.65. The van der Waals surface area contributed by atoms with Crippen molar-refractivity contribution in [1.82, 2.24) is 4.98 Å². The zero-order valence-electron chi connectivity index (χ0n) is 9.57. The van der Waals surface area contributed by atoms with Crippen LogP contribution in [0.2, 0.25) is 0 Å². The van der Waals surface area contributed by atoms with Crippen LogP contribution in [0.25, 0.3) is 0 Å². The average Bonchev–Trinajstić information content (AvgIpc) is 2.87. The highest BCUT2D eigenvalue weighted by Crippen LogP contribution is 2.57. The molecular weight excluding hydrogens is 250 g/mol. The Kier molecular flexibility index (Phi) is 2.89. The van der Waals surface area contributed by atoms with Crippen molar-refractivity contribution in [2.45, 2.75) is 37.9 Å². The smallest absolute Gasteiger partial charge is 0.0270 e. The Hall–Kier alpha value is -0.370.